The maximum absolute atomic E-state index is 5.94. The van der Waals surface area contributed by atoms with E-state index >= 15 is 0 Å². The highest BCUT2D eigenvalue weighted by atomic mass is 79.9. The van der Waals surface area contributed by atoms with Crippen LogP contribution in [0.15, 0.2) is 22.7 Å². The van der Waals surface area contributed by atoms with Crippen molar-refractivity contribution in [2.24, 2.45) is 0 Å². The van der Waals surface area contributed by atoms with Crippen molar-refractivity contribution in [1.29, 1.82) is 0 Å². The zero-order valence-electron chi connectivity index (χ0n) is 10.2. The number of hydrogen-bond acceptors (Lipinski definition) is 3. The van der Waals surface area contributed by atoms with Gasteiger partial charge in [0.15, 0.2) is 0 Å². The van der Waals surface area contributed by atoms with Crippen LogP contribution in [0.4, 0.5) is 11.4 Å². The minimum Gasteiger partial charge on any atom is -0.397 e. The van der Waals surface area contributed by atoms with E-state index in [4.69, 9.17) is 5.73 Å². The van der Waals surface area contributed by atoms with Gasteiger partial charge in [-0.05, 0) is 44.6 Å². The molecule has 0 amide bonds. The number of hydrogen-bond donors (Lipinski definition) is 2. The molecule has 94 valence electrons. The molecule has 0 radical (unpaired) electrons. The van der Waals surface area contributed by atoms with Gasteiger partial charge < -0.3 is 16.0 Å². The molecular formula is C13H20BrN3. The lowest BCUT2D eigenvalue weighted by Crippen LogP contribution is -2.40. The van der Waals surface area contributed by atoms with Crippen molar-refractivity contribution in [2.75, 3.05) is 31.2 Å². The highest BCUT2D eigenvalue weighted by Crippen LogP contribution is 2.24. The summed E-state index contributed by atoms with van der Waals surface area (Å²) in [5.41, 5.74) is 7.78. The van der Waals surface area contributed by atoms with Crippen LogP contribution < -0.4 is 11.1 Å². The lowest BCUT2D eigenvalue weighted by Gasteiger charge is -2.32. The van der Waals surface area contributed by atoms with Crippen molar-refractivity contribution in [2.45, 2.75) is 25.3 Å². The molecule has 1 aliphatic heterocycles. The molecule has 1 aliphatic rings. The van der Waals surface area contributed by atoms with E-state index in [1.807, 2.05) is 18.2 Å². The fraction of sp³-hybridized carbons (Fsp3) is 0.538. The summed E-state index contributed by atoms with van der Waals surface area (Å²) in [4.78, 5) is 2.44. The van der Waals surface area contributed by atoms with Gasteiger partial charge in [-0.25, -0.2) is 0 Å². The summed E-state index contributed by atoms with van der Waals surface area (Å²) in [5.74, 6) is 0. The molecule has 3 nitrogen and oxygen atoms in total. The molecule has 0 saturated carbocycles. The van der Waals surface area contributed by atoms with Gasteiger partial charge in [0.25, 0.3) is 0 Å². The third-order valence-electron chi connectivity index (χ3n) is 3.46. The van der Waals surface area contributed by atoms with Crippen LogP contribution in [0.2, 0.25) is 0 Å². The molecule has 0 bridgehead atoms. The molecule has 0 aliphatic carbocycles. The van der Waals surface area contributed by atoms with Gasteiger partial charge in [-0.1, -0.05) is 22.4 Å². The lowest BCUT2D eigenvalue weighted by atomic mass is 10.0. The summed E-state index contributed by atoms with van der Waals surface area (Å²) >= 11 is 3.47. The Kier molecular flexibility index (Phi) is 4.29. The van der Waals surface area contributed by atoms with E-state index in [0.717, 1.165) is 22.4 Å². The van der Waals surface area contributed by atoms with Gasteiger partial charge in [0.1, 0.15) is 0 Å². The van der Waals surface area contributed by atoms with E-state index in [1.54, 1.807) is 0 Å². The van der Waals surface area contributed by atoms with Crippen LogP contribution in [0.5, 0.6) is 0 Å². The van der Waals surface area contributed by atoms with Crippen LogP contribution in [0.3, 0.4) is 0 Å². The first-order valence-electron chi connectivity index (χ1n) is 6.16. The first-order valence-corrected chi connectivity index (χ1v) is 6.95. The van der Waals surface area contributed by atoms with Crippen molar-refractivity contribution < 1.29 is 0 Å². The quantitative estimate of drug-likeness (QED) is 0.843. The van der Waals surface area contributed by atoms with Crippen LogP contribution in [0, 0.1) is 0 Å². The molecule has 4 heteroatoms. The van der Waals surface area contributed by atoms with E-state index in [-0.39, 0.29) is 0 Å². The Morgan fingerprint density at radius 3 is 3.06 bits per heavy atom. The number of halogens is 1. The summed E-state index contributed by atoms with van der Waals surface area (Å²) in [5, 5.41) is 3.46. The Morgan fingerprint density at radius 1 is 1.47 bits per heavy atom. The second-order valence-electron chi connectivity index (χ2n) is 4.74. The zero-order chi connectivity index (χ0) is 12.3. The number of nitrogens with zero attached hydrogens (tertiary/aromatic N) is 1. The first-order chi connectivity index (χ1) is 8.16. The van der Waals surface area contributed by atoms with Gasteiger partial charge in [0.2, 0.25) is 0 Å². The highest BCUT2D eigenvalue weighted by Gasteiger charge is 2.18. The second-order valence-corrected chi connectivity index (χ2v) is 5.66. The Hall–Kier alpha value is -0.740. The SMILES string of the molecule is CN1CCCCC1CNc1cc(Br)ccc1N. The molecular weight excluding hydrogens is 278 g/mol. The van der Waals surface area contributed by atoms with E-state index < -0.39 is 0 Å². The van der Waals surface area contributed by atoms with Crippen molar-refractivity contribution >= 4 is 27.3 Å². The third kappa shape index (κ3) is 3.36. The summed E-state index contributed by atoms with van der Waals surface area (Å²) in [6.07, 6.45) is 3.94. The maximum Gasteiger partial charge on any atom is 0.0585 e. The fourth-order valence-electron chi connectivity index (χ4n) is 2.31. The zero-order valence-corrected chi connectivity index (χ0v) is 11.8. The van der Waals surface area contributed by atoms with Crippen molar-refractivity contribution in [3.8, 4) is 0 Å². The van der Waals surface area contributed by atoms with Gasteiger partial charge in [-0.2, -0.15) is 0 Å². The summed E-state index contributed by atoms with van der Waals surface area (Å²) < 4.78 is 1.06. The van der Waals surface area contributed by atoms with Crippen molar-refractivity contribution in [3.05, 3.63) is 22.7 Å². The van der Waals surface area contributed by atoms with Crippen molar-refractivity contribution in [1.82, 2.24) is 4.90 Å². The number of nitrogen functional groups attached to an aromatic ring is 1. The van der Waals surface area contributed by atoms with Gasteiger partial charge in [-0.3, -0.25) is 0 Å². The smallest absolute Gasteiger partial charge is 0.0585 e. The molecule has 1 unspecified atom stereocenters. The Bertz CT molecular complexity index is 381. The number of likely N-dealkylation sites (N-methyl/N-ethyl adjacent to an activating group) is 1. The molecule has 1 aromatic carbocycles. The van der Waals surface area contributed by atoms with E-state index in [1.165, 1.54) is 25.8 Å². The van der Waals surface area contributed by atoms with Crippen LogP contribution in [0.1, 0.15) is 19.3 Å². The first kappa shape index (κ1) is 12.7. The monoisotopic (exact) mass is 297 g/mol. The number of piperidine rings is 1. The van der Waals surface area contributed by atoms with Crippen molar-refractivity contribution in [3.63, 3.8) is 0 Å². The molecule has 1 heterocycles. The molecule has 0 aromatic heterocycles. The molecule has 1 aromatic rings. The van der Waals surface area contributed by atoms with Crippen LogP contribution in [0.25, 0.3) is 0 Å². The van der Waals surface area contributed by atoms with Crippen LogP contribution >= 0.6 is 15.9 Å². The van der Waals surface area contributed by atoms with Gasteiger partial charge >= 0.3 is 0 Å². The average Bonchev–Trinajstić information content (AvgIpc) is 2.32. The minimum atomic E-state index is 0.627. The second kappa shape index (κ2) is 5.74. The number of nitrogens with one attached hydrogen (secondary N) is 1. The predicted octanol–water partition coefficient (Wildman–Crippen LogP) is 2.93. The standard InChI is InChI=1S/C13H20BrN3/c1-17-7-3-2-4-11(17)9-16-13-8-10(14)5-6-12(13)15/h5-6,8,11,16H,2-4,7,9,15H2,1H3. The Labute approximate surface area is 111 Å². The van der Waals surface area contributed by atoms with Gasteiger partial charge in [0.05, 0.1) is 11.4 Å². The van der Waals surface area contributed by atoms with E-state index in [2.05, 4.69) is 33.2 Å². The average molecular weight is 298 g/mol. The van der Waals surface area contributed by atoms with E-state index in [0.29, 0.717) is 6.04 Å². The molecule has 0 spiro atoms. The minimum absolute atomic E-state index is 0.627. The van der Waals surface area contributed by atoms with Gasteiger partial charge in [0, 0.05) is 17.1 Å². The maximum atomic E-state index is 5.94. The molecule has 3 N–H and O–H groups in total. The molecule has 1 fully saturated rings. The summed E-state index contributed by atoms with van der Waals surface area (Å²) in [7, 11) is 2.20. The van der Waals surface area contributed by atoms with Crippen LogP contribution in [-0.2, 0) is 0 Å². The largest absolute Gasteiger partial charge is 0.397 e. The van der Waals surface area contributed by atoms with Crippen LogP contribution in [-0.4, -0.2) is 31.1 Å². The Morgan fingerprint density at radius 2 is 2.29 bits per heavy atom. The topological polar surface area (TPSA) is 41.3 Å². The highest BCUT2D eigenvalue weighted by molar-refractivity contribution is 9.10. The summed E-state index contributed by atoms with van der Waals surface area (Å²) in [6, 6.07) is 6.56. The number of likely N-dealkylation sites (tertiary alicyclic amines) is 1. The fourth-order valence-corrected chi connectivity index (χ4v) is 2.67. The Balaban J connectivity index is 1.94. The normalized spacial score (nSPS) is 21.4. The molecule has 2 rings (SSSR count). The number of nitrogens with two attached hydrogens (primary N) is 1. The molecule has 1 atom stereocenters. The third-order valence-corrected chi connectivity index (χ3v) is 3.96. The summed E-state index contributed by atoms with van der Waals surface area (Å²) in [6.45, 7) is 2.18. The number of rotatable bonds is 3. The van der Waals surface area contributed by atoms with Gasteiger partial charge in [-0.15, -0.1) is 0 Å². The predicted molar refractivity (Wildman–Crippen MR) is 77.3 cm³/mol. The number of benzene rings is 1. The molecule has 17 heavy (non-hydrogen) atoms. The van der Waals surface area contributed by atoms with E-state index in [9.17, 15) is 0 Å². The number of anilines is 2. The lowest BCUT2D eigenvalue weighted by molar-refractivity contribution is 0.194. The molecule has 1 saturated heterocycles.